The van der Waals surface area contributed by atoms with Gasteiger partial charge in [0.2, 0.25) is 5.91 Å². The van der Waals surface area contributed by atoms with E-state index in [0.29, 0.717) is 42.4 Å². The second-order valence-corrected chi connectivity index (χ2v) is 12.2. The van der Waals surface area contributed by atoms with Gasteiger partial charge in [0, 0.05) is 47.8 Å². The Morgan fingerprint density at radius 1 is 1.00 bits per heavy atom. The topological polar surface area (TPSA) is 122 Å². The third-order valence-electron chi connectivity index (χ3n) is 8.93. The van der Waals surface area contributed by atoms with Gasteiger partial charge in [0.1, 0.15) is 18.2 Å². The number of rotatable bonds is 10. The summed E-state index contributed by atoms with van der Waals surface area (Å²) < 4.78 is 33.9. The molecule has 9 nitrogen and oxygen atoms in total. The van der Waals surface area contributed by atoms with E-state index in [9.17, 15) is 14.7 Å². The molecule has 48 heavy (non-hydrogen) atoms. The molecule has 10 heteroatoms. The maximum absolute atomic E-state index is 15.4. The molecule has 1 saturated heterocycles. The summed E-state index contributed by atoms with van der Waals surface area (Å²) in [5.74, 6) is -0.471. The summed E-state index contributed by atoms with van der Waals surface area (Å²) in [6, 6.07) is 21.9. The Hall–Kier alpha value is -5.19. The van der Waals surface area contributed by atoms with Crippen molar-refractivity contribution in [1.82, 2.24) is 10.3 Å². The minimum atomic E-state index is -1.05. The van der Waals surface area contributed by atoms with Crippen LogP contribution in [-0.4, -0.2) is 47.8 Å². The van der Waals surface area contributed by atoms with E-state index < -0.39 is 11.8 Å². The smallest absolute Gasteiger partial charge is 0.335 e. The standard InChI is InChI=1S/C38H36FN3O6/c39-31-19-26(11-12-28(31)23-7-9-24(10-8-23)38(44)45)48-36-20-30-25(18-35(36)47-22-27-4-1-2-17-46-27)13-15-41-34(30)21-37(43)42-33-6-3-5-32-29(33)14-16-40-32/h3,5-12,14,16,18-20,27,34,40-41H,1-2,4,13,15,17,21-22H2,(H,42,43)(H,44,45)/t27?,34-/m1/s1. The number of aromatic carboxylic acids is 1. The number of amides is 1. The van der Waals surface area contributed by atoms with E-state index >= 15 is 4.39 Å². The Balaban J connectivity index is 1.15. The number of benzene rings is 4. The van der Waals surface area contributed by atoms with Crippen LogP contribution in [0.4, 0.5) is 10.1 Å². The van der Waals surface area contributed by atoms with Crippen LogP contribution in [0.3, 0.4) is 0 Å². The molecule has 246 valence electrons. The van der Waals surface area contributed by atoms with Gasteiger partial charge in [-0.25, -0.2) is 9.18 Å². The summed E-state index contributed by atoms with van der Waals surface area (Å²) >= 11 is 0. The second-order valence-electron chi connectivity index (χ2n) is 12.2. The molecule has 2 atom stereocenters. The van der Waals surface area contributed by atoms with Gasteiger partial charge < -0.3 is 34.9 Å². The number of H-pyrrole nitrogens is 1. The monoisotopic (exact) mass is 649 g/mol. The summed E-state index contributed by atoms with van der Waals surface area (Å²) in [7, 11) is 0. The van der Waals surface area contributed by atoms with Gasteiger partial charge in [-0.2, -0.15) is 0 Å². The average molecular weight is 650 g/mol. The van der Waals surface area contributed by atoms with E-state index in [1.165, 1.54) is 18.2 Å². The largest absolute Gasteiger partial charge is 0.487 e. The first-order valence-corrected chi connectivity index (χ1v) is 16.2. The predicted octanol–water partition coefficient (Wildman–Crippen LogP) is 7.63. The molecule has 4 aromatic carbocycles. The molecular weight excluding hydrogens is 613 g/mol. The lowest BCUT2D eigenvalue weighted by Crippen LogP contribution is -2.33. The van der Waals surface area contributed by atoms with Gasteiger partial charge in [0.05, 0.1) is 17.4 Å². The van der Waals surface area contributed by atoms with Crippen molar-refractivity contribution in [2.45, 2.75) is 44.2 Å². The van der Waals surface area contributed by atoms with Crippen LogP contribution in [0.1, 0.15) is 53.2 Å². The van der Waals surface area contributed by atoms with E-state index in [2.05, 4.69) is 15.6 Å². The molecule has 0 saturated carbocycles. The molecule has 0 radical (unpaired) electrons. The second kappa shape index (κ2) is 13.9. The van der Waals surface area contributed by atoms with Crippen molar-refractivity contribution in [3.63, 3.8) is 0 Å². The Labute approximate surface area is 277 Å². The maximum Gasteiger partial charge on any atom is 0.335 e. The van der Waals surface area contributed by atoms with Crippen molar-refractivity contribution in [2.24, 2.45) is 0 Å². The fourth-order valence-corrected chi connectivity index (χ4v) is 6.44. The molecule has 1 fully saturated rings. The highest BCUT2D eigenvalue weighted by Gasteiger charge is 2.26. The Kier molecular flexibility index (Phi) is 9.09. The van der Waals surface area contributed by atoms with Crippen LogP contribution in [-0.2, 0) is 16.0 Å². The average Bonchev–Trinajstić information content (AvgIpc) is 3.58. The summed E-state index contributed by atoms with van der Waals surface area (Å²) in [5.41, 5.74) is 4.66. The van der Waals surface area contributed by atoms with E-state index in [0.717, 1.165) is 53.4 Å². The number of aromatic nitrogens is 1. The number of nitrogens with one attached hydrogen (secondary N) is 3. The summed E-state index contributed by atoms with van der Waals surface area (Å²) in [6.07, 6.45) is 5.81. The zero-order valence-electron chi connectivity index (χ0n) is 26.3. The van der Waals surface area contributed by atoms with Gasteiger partial charge >= 0.3 is 5.97 Å². The first kappa shape index (κ1) is 31.4. The number of carboxylic acid groups (broad SMARTS) is 1. The van der Waals surface area contributed by atoms with Gasteiger partial charge in [0.25, 0.3) is 0 Å². The number of carbonyl (C=O) groups excluding carboxylic acids is 1. The fourth-order valence-electron chi connectivity index (χ4n) is 6.44. The molecule has 4 N–H and O–H groups in total. The van der Waals surface area contributed by atoms with Crippen molar-refractivity contribution in [2.75, 3.05) is 25.1 Å². The van der Waals surface area contributed by atoms with Crippen molar-refractivity contribution >= 4 is 28.5 Å². The van der Waals surface area contributed by atoms with Crippen LogP contribution in [0, 0.1) is 5.82 Å². The first-order chi connectivity index (χ1) is 23.4. The van der Waals surface area contributed by atoms with E-state index in [-0.39, 0.29) is 35.8 Å². The number of halogens is 1. The van der Waals surface area contributed by atoms with Crippen molar-refractivity contribution in [1.29, 1.82) is 0 Å². The van der Waals surface area contributed by atoms with Crippen LogP contribution in [0.5, 0.6) is 17.2 Å². The zero-order chi connectivity index (χ0) is 33.0. The predicted molar refractivity (Wildman–Crippen MR) is 180 cm³/mol. The van der Waals surface area contributed by atoms with Gasteiger partial charge in [-0.1, -0.05) is 18.2 Å². The highest BCUT2D eigenvalue weighted by Crippen LogP contribution is 2.40. The lowest BCUT2D eigenvalue weighted by Gasteiger charge is -2.29. The SMILES string of the molecule is O=C(C[C@H]1NCCc2cc(OCC3CCCCO3)c(Oc3ccc(-c4ccc(C(=O)O)cc4)c(F)c3)cc21)Nc1cccc2[nH]ccc12. The number of carbonyl (C=O) groups is 2. The van der Waals surface area contributed by atoms with Crippen molar-refractivity contribution in [3.05, 3.63) is 108 Å². The lowest BCUT2D eigenvalue weighted by molar-refractivity contribution is -0.116. The van der Waals surface area contributed by atoms with Gasteiger partial charge in [-0.15, -0.1) is 0 Å². The molecule has 1 aromatic heterocycles. The highest BCUT2D eigenvalue weighted by atomic mass is 19.1. The minimum Gasteiger partial charge on any atom is -0.487 e. The Morgan fingerprint density at radius 2 is 1.88 bits per heavy atom. The molecule has 7 rings (SSSR count). The van der Waals surface area contributed by atoms with Crippen LogP contribution < -0.4 is 20.1 Å². The van der Waals surface area contributed by atoms with Crippen LogP contribution >= 0.6 is 0 Å². The quantitative estimate of drug-likeness (QED) is 0.123. The molecule has 1 amide bonds. The Bertz CT molecular complexity index is 1950. The molecule has 1 unspecified atom stereocenters. The van der Waals surface area contributed by atoms with Crippen LogP contribution in [0.15, 0.2) is 85.1 Å². The van der Waals surface area contributed by atoms with Gasteiger partial charge in [0.15, 0.2) is 11.5 Å². The van der Waals surface area contributed by atoms with E-state index in [4.69, 9.17) is 14.2 Å². The number of carboxylic acids is 1. The summed E-state index contributed by atoms with van der Waals surface area (Å²) in [4.78, 5) is 27.7. The zero-order valence-corrected chi connectivity index (χ0v) is 26.3. The molecule has 5 aromatic rings. The normalized spacial score (nSPS) is 17.4. The first-order valence-electron chi connectivity index (χ1n) is 16.2. The van der Waals surface area contributed by atoms with Crippen molar-refractivity contribution < 1.29 is 33.3 Å². The number of hydrogen-bond acceptors (Lipinski definition) is 6. The molecule has 0 bridgehead atoms. The molecule has 2 aliphatic heterocycles. The van der Waals surface area contributed by atoms with Gasteiger partial charge in [-0.05, 0) is 104 Å². The lowest BCUT2D eigenvalue weighted by atomic mass is 9.91. The van der Waals surface area contributed by atoms with Crippen LogP contribution in [0.2, 0.25) is 0 Å². The number of fused-ring (bicyclic) bond motifs is 2. The van der Waals surface area contributed by atoms with Crippen LogP contribution in [0.25, 0.3) is 22.0 Å². The number of aromatic amines is 1. The number of hydrogen-bond donors (Lipinski definition) is 4. The van der Waals surface area contributed by atoms with Gasteiger partial charge in [-0.3, -0.25) is 4.79 Å². The number of anilines is 1. The van der Waals surface area contributed by atoms with E-state index in [1.807, 2.05) is 42.6 Å². The van der Waals surface area contributed by atoms with E-state index in [1.54, 1.807) is 24.3 Å². The molecular formula is C38H36FN3O6. The minimum absolute atomic E-state index is 0.0190. The third kappa shape index (κ3) is 6.90. The summed E-state index contributed by atoms with van der Waals surface area (Å²) in [6.45, 7) is 1.77. The summed E-state index contributed by atoms with van der Waals surface area (Å²) in [5, 5.41) is 16.7. The maximum atomic E-state index is 15.4. The van der Waals surface area contributed by atoms with Crippen molar-refractivity contribution in [3.8, 4) is 28.4 Å². The fraction of sp³-hybridized carbons (Fsp3) is 0.263. The highest BCUT2D eigenvalue weighted by molar-refractivity contribution is 6.01. The molecule has 3 heterocycles. The molecule has 0 aliphatic carbocycles. The third-order valence-corrected chi connectivity index (χ3v) is 8.93. The Morgan fingerprint density at radius 3 is 2.67 bits per heavy atom. The molecule has 0 spiro atoms. The molecule has 2 aliphatic rings. The number of ether oxygens (including phenoxy) is 3.